The first-order valence-corrected chi connectivity index (χ1v) is 11.5. The van der Waals surface area contributed by atoms with E-state index in [2.05, 4.69) is 41.9 Å². The number of pyridine rings is 1. The number of aliphatic imine (C=N–C) groups is 1. The predicted molar refractivity (Wildman–Crippen MR) is 135 cm³/mol. The monoisotopic (exact) mass is 460 g/mol. The first kappa shape index (κ1) is 22.3. The van der Waals surface area contributed by atoms with Gasteiger partial charge in [0.1, 0.15) is 5.75 Å². The molecule has 5 rings (SSSR count). The average Bonchev–Trinajstić information content (AvgIpc) is 3.31. The van der Waals surface area contributed by atoms with Crippen LogP contribution in [0.2, 0.25) is 0 Å². The largest absolute Gasteiger partial charge is 0.497 e. The van der Waals surface area contributed by atoms with Gasteiger partial charge in [0.05, 0.1) is 32.0 Å². The number of methoxy groups -OCH3 is 2. The van der Waals surface area contributed by atoms with Gasteiger partial charge in [0.15, 0.2) is 11.6 Å². The Morgan fingerprint density at radius 3 is 2.59 bits per heavy atom. The first-order valence-electron chi connectivity index (χ1n) is 11.5. The summed E-state index contributed by atoms with van der Waals surface area (Å²) >= 11 is 0. The number of hydrogen-bond donors (Lipinski definition) is 0. The first-order chi connectivity index (χ1) is 16.5. The molecule has 0 saturated heterocycles. The second kappa shape index (κ2) is 9.06. The fraction of sp³-hybridized carbons (Fsp3) is 0.333. The van der Waals surface area contributed by atoms with E-state index in [-0.39, 0.29) is 5.75 Å². The Hall–Kier alpha value is -3.45. The van der Waals surface area contributed by atoms with Crippen molar-refractivity contribution < 1.29 is 13.9 Å². The lowest BCUT2D eigenvalue weighted by molar-refractivity contribution is 0.224. The van der Waals surface area contributed by atoms with Crippen LogP contribution in [0.5, 0.6) is 11.5 Å². The van der Waals surface area contributed by atoms with Crippen molar-refractivity contribution in [2.24, 2.45) is 4.99 Å². The van der Waals surface area contributed by atoms with Crippen molar-refractivity contribution >= 4 is 34.1 Å². The minimum Gasteiger partial charge on any atom is -0.497 e. The number of benzene rings is 2. The van der Waals surface area contributed by atoms with Crippen molar-refractivity contribution in [3.05, 3.63) is 59.5 Å². The van der Waals surface area contributed by atoms with Gasteiger partial charge in [-0.05, 0) is 43.2 Å². The summed E-state index contributed by atoms with van der Waals surface area (Å²) in [6.07, 6.45) is 5.91. The van der Waals surface area contributed by atoms with Crippen molar-refractivity contribution in [3.63, 3.8) is 0 Å². The third kappa shape index (κ3) is 3.90. The highest BCUT2D eigenvalue weighted by Gasteiger charge is 2.27. The molecule has 0 fully saturated rings. The number of allylic oxidation sites excluding steroid dienone is 1. The molecular formula is C27H29FN4O2. The molecule has 0 N–H and O–H groups in total. The van der Waals surface area contributed by atoms with Gasteiger partial charge in [-0.3, -0.25) is 14.9 Å². The van der Waals surface area contributed by atoms with Crippen LogP contribution in [0.25, 0.3) is 16.5 Å². The van der Waals surface area contributed by atoms with E-state index in [1.807, 2.05) is 23.4 Å². The Kier molecular flexibility index (Phi) is 5.96. The molecule has 2 aromatic carbocycles. The summed E-state index contributed by atoms with van der Waals surface area (Å²) in [7, 11) is 3.05. The van der Waals surface area contributed by atoms with Gasteiger partial charge in [-0.25, -0.2) is 4.39 Å². The van der Waals surface area contributed by atoms with E-state index in [4.69, 9.17) is 14.5 Å². The normalized spacial score (nSPS) is 16.1. The average molecular weight is 461 g/mol. The molecule has 0 atom stereocenters. The van der Waals surface area contributed by atoms with Crippen molar-refractivity contribution in [2.45, 2.75) is 26.4 Å². The molecule has 34 heavy (non-hydrogen) atoms. The molecule has 0 unspecified atom stereocenters. The van der Waals surface area contributed by atoms with Gasteiger partial charge in [-0.15, -0.1) is 0 Å². The molecule has 6 nitrogen and oxygen atoms in total. The van der Waals surface area contributed by atoms with Gasteiger partial charge < -0.3 is 14.4 Å². The Bertz CT molecular complexity index is 1300. The number of ether oxygens (including phenoxy) is 2. The van der Waals surface area contributed by atoms with Crippen LogP contribution in [0.3, 0.4) is 0 Å². The summed E-state index contributed by atoms with van der Waals surface area (Å²) in [5, 5.41) is 1.07. The second-order valence-electron chi connectivity index (χ2n) is 8.89. The van der Waals surface area contributed by atoms with E-state index in [9.17, 15) is 0 Å². The Labute approximate surface area is 199 Å². The van der Waals surface area contributed by atoms with E-state index >= 15 is 4.39 Å². The number of fused-ring (bicyclic) bond motifs is 3. The molecule has 3 heterocycles. The minimum absolute atomic E-state index is 0.165. The standard InChI is InChI=1S/C27H29FN4O2/c1-17(2)31-9-10-32(25-12-20(33-3)13-26(34-4)27(25)28)24-6-5-23-21(22(24)16-31)11-19(15-30-23)18-7-8-29-14-18/h5-7,11-15,17H,8-10,16H2,1-4H3. The number of nitrogens with zero attached hydrogens (tertiary/aromatic N) is 4. The molecule has 0 saturated carbocycles. The van der Waals surface area contributed by atoms with Gasteiger partial charge >= 0.3 is 0 Å². The molecule has 0 radical (unpaired) electrons. The maximum Gasteiger partial charge on any atom is 0.188 e. The maximum atomic E-state index is 15.6. The van der Waals surface area contributed by atoms with Gasteiger partial charge in [0, 0.05) is 66.9 Å². The predicted octanol–water partition coefficient (Wildman–Crippen LogP) is 5.22. The lowest BCUT2D eigenvalue weighted by Crippen LogP contribution is -2.34. The van der Waals surface area contributed by atoms with Gasteiger partial charge in [0.2, 0.25) is 0 Å². The Morgan fingerprint density at radius 1 is 1.03 bits per heavy atom. The van der Waals surface area contributed by atoms with E-state index in [0.29, 0.717) is 30.6 Å². The zero-order valence-electron chi connectivity index (χ0n) is 20.0. The van der Waals surface area contributed by atoms with Crippen LogP contribution in [-0.4, -0.2) is 56.0 Å². The maximum absolute atomic E-state index is 15.6. The van der Waals surface area contributed by atoms with Gasteiger partial charge in [0.25, 0.3) is 0 Å². The van der Waals surface area contributed by atoms with E-state index in [1.165, 1.54) is 7.11 Å². The van der Waals surface area contributed by atoms with Crippen LogP contribution in [-0.2, 0) is 6.54 Å². The molecule has 3 aromatic rings. The highest BCUT2D eigenvalue weighted by molar-refractivity contribution is 6.12. The van der Waals surface area contributed by atoms with Crippen LogP contribution in [0.4, 0.5) is 15.8 Å². The summed E-state index contributed by atoms with van der Waals surface area (Å²) in [5.74, 6) is 0.321. The quantitative estimate of drug-likeness (QED) is 0.522. The smallest absolute Gasteiger partial charge is 0.188 e. The van der Waals surface area contributed by atoms with Crippen molar-refractivity contribution in [2.75, 3.05) is 38.8 Å². The molecule has 176 valence electrons. The van der Waals surface area contributed by atoms with Crippen LogP contribution in [0.1, 0.15) is 25.0 Å². The number of hydrogen-bond acceptors (Lipinski definition) is 6. The van der Waals surface area contributed by atoms with Crippen LogP contribution in [0.15, 0.2) is 47.6 Å². The topological polar surface area (TPSA) is 50.2 Å². The lowest BCUT2D eigenvalue weighted by atomic mass is 10.0. The number of rotatable bonds is 5. The van der Waals surface area contributed by atoms with Gasteiger partial charge in [-0.2, -0.15) is 0 Å². The molecule has 1 aromatic heterocycles. The third-order valence-corrected chi connectivity index (χ3v) is 6.67. The van der Waals surface area contributed by atoms with E-state index in [1.54, 1.807) is 19.2 Å². The molecule has 0 bridgehead atoms. The summed E-state index contributed by atoms with van der Waals surface area (Å²) < 4.78 is 26.3. The zero-order valence-corrected chi connectivity index (χ0v) is 20.0. The summed E-state index contributed by atoms with van der Waals surface area (Å²) in [5.41, 5.74) is 5.60. The molecule has 2 aliphatic rings. The highest BCUT2D eigenvalue weighted by Crippen LogP contribution is 2.41. The van der Waals surface area contributed by atoms with E-state index < -0.39 is 5.82 Å². The number of anilines is 2. The molecule has 0 amide bonds. The number of halogens is 1. The number of aromatic nitrogens is 1. The van der Waals surface area contributed by atoms with Crippen molar-refractivity contribution in [1.29, 1.82) is 0 Å². The summed E-state index contributed by atoms with van der Waals surface area (Å²) in [4.78, 5) is 13.5. The fourth-order valence-electron chi connectivity index (χ4n) is 4.71. The van der Waals surface area contributed by atoms with Crippen LogP contribution in [0, 0.1) is 5.82 Å². The summed E-state index contributed by atoms with van der Waals surface area (Å²) in [6.45, 7) is 7.26. The molecular weight excluding hydrogens is 431 g/mol. The Balaban J connectivity index is 1.73. The Morgan fingerprint density at radius 2 is 1.88 bits per heavy atom. The summed E-state index contributed by atoms with van der Waals surface area (Å²) in [6, 6.07) is 9.91. The minimum atomic E-state index is -0.397. The lowest BCUT2D eigenvalue weighted by Gasteiger charge is -2.27. The SMILES string of the molecule is COc1cc(OC)c(F)c(N2CCN(C(C)C)Cc3c2ccc2ncc(C4=CCN=C4)cc32)c1. The zero-order chi connectivity index (χ0) is 23.8. The van der Waals surface area contributed by atoms with Crippen molar-refractivity contribution in [3.8, 4) is 11.5 Å². The van der Waals surface area contributed by atoms with Gasteiger partial charge in [-0.1, -0.05) is 6.08 Å². The van der Waals surface area contributed by atoms with E-state index in [0.717, 1.165) is 46.4 Å². The third-order valence-electron chi connectivity index (χ3n) is 6.67. The molecule has 0 spiro atoms. The molecule has 2 aliphatic heterocycles. The highest BCUT2D eigenvalue weighted by atomic mass is 19.1. The van der Waals surface area contributed by atoms with Crippen LogP contribution >= 0.6 is 0 Å². The molecule has 7 heteroatoms. The van der Waals surface area contributed by atoms with Crippen LogP contribution < -0.4 is 14.4 Å². The van der Waals surface area contributed by atoms with Crippen molar-refractivity contribution in [1.82, 2.24) is 9.88 Å². The second-order valence-corrected chi connectivity index (χ2v) is 8.89. The molecule has 0 aliphatic carbocycles. The fourth-order valence-corrected chi connectivity index (χ4v) is 4.71.